The molecular weight excluding hydrogens is 568 g/mol. The number of rotatable bonds is 10. The summed E-state index contributed by atoms with van der Waals surface area (Å²) in [6.45, 7) is 3.60. The van der Waals surface area contributed by atoms with Crippen molar-refractivity contribution in [2.75, 3.05) is 26.9 Å². The van der Waals surface area contributed by atoms with Crippen molar-refractivity contribution in [3.05, 3.63) is 121 Å². The molecule has 0 unspecified atom stereocenters. The molecule has 1 aliphatic rings. The summed E-state index contributed by atoms with van der Waals surface area (Å²) >= 11 is 1.20. The van der Waals surface area contributed by atoms with Crippen LogP contribution in [0.4, 0.5) is 0 Å². The van der Waals surface area contributed by atoms with E-state index in [1.807, 2.05) is 48.5 Å². The summed E-state index contributed by atoms with van der Waals surface area (Å²) in [5.41, 5.74) is 2.32. The summed E-state index contributed by atoms with van der Waals surface area (Å²) in [7, 11) is 1.56. The first-order chi connectivity index (χ1) is 20.9. The van der Waals surface area contributed by atoms with Gasteiger partial charge in [-0.2, -0.15) is 0 Å². The number of fused-ring (bicyclic) bond motifs is 1. The normalized spacial score (nSPS) is 14.5. The van der Waals surface area contributed by atoms with Gasteiger partial charge in [-0.3, -0.25) is 9.36 Å². The topological polar surface area (TPSA) is 105 Å². The van der Waals surface area contributed by atoms with Gasteiger partial charge in [0.2, 0.25) is 0 Å². The number of esters is 2. The summed E-state index contributed by atoms with van der Waals surface area (Å²) in [6, 6.07) is 22.9. The Hall–Kier alpha value is -4.96. The monoisotopic (exact) mass is 598 g/mol. The lowest BCUT2D eigenvalue weighted by Crippen LogP contribution is -2.40. The highest BCUT2D eigenvalue weighted by Gasteiger charge is 2.35. The van der Waals surface area contributed by atoms with Crippen molar-refractivity contribution in [3.63, 3.8) is 0 Å². The fourth-order valence-electron chi connectivity index (χ4n) is 4.78. The van der Waals surface area contributed by atoms with Crippen molar-refractivity contribution in [1.82, 2.24) is 4.57 Å². The van der Waals surface area contributed by atoms with Crippen LogP contribution in [0.2, 0.25) is 0 Å². The van der Waals surface area contributed by atoms with Crippen LogP contribution < -0.4 is 24.4 Å². The maximum atomic E-state index is 14.1. The van der Waals surface area contributed by atoms with E-state index in [1.54, 1.807) is 57.4 Å². The molecule has 1 atom stereocenters. The van der Waals surface area contributed by atoms with Gasteiger partial charge < -0.3 is 18.9 Å². The molecule has 1 aliphatic heterocycles. The molecule has 0 amide bonds. The Morgan fingerprint density at radius 2 is 1.70 bits per heavy atom. The third-order valence-corrected chi connectivity index (χ3v) is 7.62. The molecule has 9 nitrogen and oxygen atoms in total. The van der Waals surface area contributed by atoms with E-state index in [2.05, 4.69) is 0 Å². The number of carbonyl (C=O) groups excluding carboxylic acids is 2. The minimum Gasteiger partial charge on any atom is -0.497 e. The second-order valence-corrected chi connectivity index (χ2v) is 10.3. The van der Waals surface area contributed by atoms with Crippen molar-refractivity contribution >= 4 is 35.0 Å². The average molecular weight is 599 g/mol. The number of carbonyl (C=O) groups is 2. The molecular formula is C33H30N2O7S. The molecule has 3 aromatic carbocycles. The predicted molar refractivity (Wildman–Crippen MR) is 163 cm³/mol. The lowest BCUT2D eigenvalue weighted by molar-refractivity contribution is -0.145. The summed E-state index contributed by atoms with van der Waals surface area (Å²) in [6.07, 6.45) is 1.70. The maximum absolute atomic E-state index is 14.1. The van der Waals surface area contributed by atoms with Gasteiger partial charge in [0.15, 0.2) is 11.4 Å². The highest BCUT2D eigenvalue weighted by atomic mass is 32.1. The first-order valence-corrected chi connectivity index (χ1v) is 14.6. The van der Waals surface area contributed by atoms with Gasteiger partial charge in [0, 0.05) is 11.1 Å². The van der Waals surface area contributed by atoms with Gasteiger partial charge in [-0.1, -0.05) is 72.0 Å². The summed E-state index contributed by atoms with van der Waals surface area (Å²) in [5, 5.41) is 0. The number of hydrogen-bond acceptors (Lipinski definition) is 9. The standard InChI is InChI=1S/C33H30N2O7S/c1-4-40-27(36)20-42-25-17-10-9-14-22(25)19-26-31(37)35-30(23-15-11-16-24(18-23)39-3)28(32(38)41-5-2)29(34-33(35)43-26)21-12-7-6-8-13-21/h6-19,30H,4-5,20H2,1-3H3/t30-/m0/s1. The quantitative estimate of drug-likeness (QED) is 0.255. The number of benzene rings is 3. The van der Waals surface area contributed by atoms with Gasteiger partial charge in [-0.05, 0) is 43.7 Å². The van der Waals surface area contributed by atoms with Crippen molar-refractivity contribution < 1.29 is 28.5 Å². The first kappa shape index (κ1) is 29.5. The van der Waals surface area contributed by atoms with Crippen LogP contribution in [0.3, 0.4) is 0 Å². The van der Waals surface area contributed by atoms with Gasteiger partial charge in [0.25, 0.3) is 5.56 Å². The molecule has 5 rings (SSSR count). The van der Waals surface area contributed by atoms with Crippen molar-refractivity contribution in [2.24, 2.45) is 4.99 Å². The Kier molecular flexibility index (Phi) is 9.17. The van der Waals surface area contributed by atoms with Crippen LogP contribution in [0.25, 0.3) is 11.8 Å². The molecule has 43 heavy (non-hydrogen) atoms. The highest BCUT2D eigenvalue weighted by Crippen LogP contribution is 2.36. The van der Waals surface area contributed by atoms with Crippen LogP contribution in [0.1, 0.15) is 36.6 Å². The number of thiazole rings is 1. The largest absolute Gasteiger partial charge is 0.497 e. The average Bonchev–Trinajstić information content (AvgIpc) is 3.34. The Labute approximate surface area is 252 Å². The van der Waals surface area contributed by atoms with Gasteiger partial charge >= 0.3 is 11.9 Å². The lowest BCUT2D eigenvalue weighted by Gasteiger charge is -2.26. The molecule has 220 valence electrons. The van der Waals surface area contributed by atoms with E-state index >= 15 is 0 Å². The minimum absolute atomic E-state index is 0.155. The van der Waals surface area contributed by atoms with E-state index in [0.717, 1.165) is 0 Å². The van der Waals surface area contributed by atoms with Crippen molar-refractivity contribution in [3.8, 4) is 11.5 Å². The molecule has 0 saturated heterocycles. The molecule has 0 N–H and O–H groups in total. The number of ether oxygens (including phenoxy) is 4. The number of para-hydroxylation sites is 1. The Morgan fingerprint density at radius 3 is 2.44 bits per heavy atom. The van der Waals surface area contributed by atoms with Gasteiger partial charge in [-0.15, -0.1) is 0 Å². The number of aromatic nitrogens is 1. The van der Waals surface area contributed by atoms with Gasteiger partial charge in [0.05, 0.1) is 42.2 Å². The summed E-state index contributed by atoms with van der Waals surface area (Å²) < 4.78 is 23.6. The second kappa shape index (κ2) is 13.3. The molecule has 4 aromatic rings. The van der Waals surface area contributed by atoms with Crippen LogP contribution in [0.5, 0.6) is 11.5 Å². The fourth-order valence-corrected chi connectivity index (χ4v) is 5.77. The van der Waals surface area contributed by atoms with Crippen LogP contribution in [0, 0.1) is 0 Å². The summed E-state index contributed by atoms with van der Waals surface area (Å²) in [5.74, 6) is -0.0588. The van der Waals surface area contributed by atoms with Crippen LogP contribution in [0.15, 0.2) is 94.2 Å². The molecule has 1 aromatic heterocycles. The maximum Gasteiger partial charge on any atom is 0.344 e. The molecule has 0 aliphatic carbocycles. The Morgan fingerprint density at radius 1 is 0.953 bits per heavy atom. The molecule has 0 saturated carbocycles. The number of hydrogen-bond donors (Lipinski definition) is 0. The van der Waals surface area contributed by atoms with Crippen LogP contribution in [-0.2, 0) is 19.1 Å². The third-order valence-electron chi connectivity index (χ3n) is 6.64. The number of methoxy groups -OCH3 is 1. The van der Waals surface area contributed by atoms with E-state index in [0.29, 0.717) is 43.2 Å². The van der Waals surface area contributed by atoms with E-state index in [1.165, 1.54) is 15.9 Å². The fraction of sp³-hybridized carbons (Fsp3) is 0.212. The third kappa shape index (κ3) is 6.29. The molecule has 0 bridgehead atoms. The number of nitrogens with zero attached hydrogens (tertiary/aromatic N) is 2. The molecule has 10 heteroatoms. The van der Waals surface area contributed by atoms with Crippen LogP contribution >= 0.6 is 11.3 Å². The zero-order chi connectivity index (χ0) is 30.3. The molecule has 2 heterocycles. The first-order valence-electron chi connectivity index (χ1n) is 13.7. The van der Waals surface area contributed by atoms with Crippen LogP contribution in [-0.4, -0.2) is 43.4 Å². The van der Waals surface area contributed by atoms with E-state index in [9.17, 15) is 14.4 Å². The SMILES string of the molecule is CCOC(=O)COc1ccccc1C=c1sc2n(c1=O)[C@@H](c1cccc(OC)c1)C(C(=O)OCC)=C(c1ccccc1)N=2. The Balaban J connectivity index is 1.73. The second-order valence-electron chi connectivity index (χ2n) is 9.34. The van der Waals surface area contributed by atoms with Crippen molar-refractivity contribution in [2.45, 2.75) is 19.9 Å². The van der Waals surface area contributed by atoms with Crippen molar-refractivity contribution in [1.29, 1.82) is 0 Å². The summed E-state index contributed by atoms with van der Waals surface area (Å²) in [4.78, 5) is 44.9. The minimum atomic E-state index is -0.835. The predicted octanol–water partition coefficient (Wildman–Crippen LogP) is 3.89. The van der Waals surface area contributed by atoms with E-state index < -0.39 is 18.0 Å². The van der Waals surface area contributed by atoms with Gasteiger partial charge in [-0.25, -0.2) is 14.6 Å². The smallest absolute Gasteiger partial charge is 0.344 e. The zero-order valence-corrected chi connectivity index (χ0v) is 24.8. The highest BCUT2D eigenvalue weighted by molar-refractivity contribution is 7.07. The van der Waals surface area contributed by atoms with E-state index in [4.69, 9.17) is 23.9 Å². The molecule has 0 spiro atoms. The lowest BCUT2D eigenvalue weighted by atomic mass is 9.93. The zero-order valence-electron chi connectivity index (χ0n) is 23.9. The van der Waals surface area contributed by atoms with Gasteiger partial charge in [0.1, 0.15) is 11.5 Å². The Bertz CT molecular complexity index is 1860. The molecule has 0 radical (unpaired) electrons. The van der Waals surface area contributed by atoms with E-state index in [-0.39, 0.29) is 31.0 Å². The molecule has 0 fully saturated rings.